The summed E-state index contributed by atoms with van der Waals surface area (Å²) < 4.78 is 0. The van der Waals surface area contributed by atoms with Crippen LogP contribution in [0.5, 0.6) is 0 Å². The van der Waals surface area contributed by atoms with E-state index in [0.717, 1.165) is 12.8 Å². The number of Topliss-reactive ketones (excluding diaryl/α,β-unsaturated/α-hetero) is 1. The number of unbranched alkanes of at least 4 members (excludes halogenated alkanes) is 2. The fraction of sp³-hybridized carbons (Fsp3) is 0.750. The molecule has 21 heavy (non-hydrogen) atoms. The summed E-state index contributed by atoms with van der Waals surface area (Å²) in [4.78, 5) is 11.5. The molecule has 0 N–H and O–H groups in total. The lowest BCUT2D eigenvalue weighted by Crippen LogP contribution is -2.22. The van der Waals surface area contributed by atoms with Gasteiger partial charge in [-0.1, -0.05) is 51.3 Å². The highest BCUT2D eigenvalue weighted by Crippen LogP contribution is 2.40. The monoisotopic (exact) mass is 288 g/mol. The fourth-order valence-corrected chi connectivity index (χ4v) is 3.88. The first kappa shape index (κ1) is 16.5. The molecule has 0 aromatic heterocycles. The van der Waals surface area contributed by atoms with Gasteiger partial charge >= 0.3 is 0 Å². The smallest absolute Gasteiger partial charge is 0.132 e. The Morgan fingerprint density at radius 2 is 1.95 bits per heavy atom. The Labute approximate surface area is 130 Å². The Morgan fingerprint density at radius 3 is 2.48 bits per heavy atom. The molecular formula is C20H32O. The van der Waals surface area contributed by atoms with E-state index in [4.69, 9.17) is 0 Å². The predicted octanol–water partition coefficient (Wildman–Crippen LogP) is 5.85. The molecule has 0 saturated heterocycles. The molecule has 1 fully saturated rings. The lowest BCUT2D eigenvalue weighted by molar-refractivity contribution is -0.121. The number of allylic oxidation sites excluding steroid dienone is 4. The van der Waals surface area contributed by atoms with Crippen LogP contribution in [0, 0.1) is 17.3 Å². The van der Waals surface area contributed by atoms with Crippen molar-refractivity contribution in [3.05, 3.63) is 23.8 Å². The van der Waals surface area contributed by atoms with Crippen molar-refractivity contribution in [2.75, 3.05) is 0 Å². The average molecular weight is 288 g/mol. The first-order valence-corrected chi connectivity index (χ1v) is 8.94. The van der Waals surface area contributed by atoms with Crippen molar-refractivity contribution in [1.29, 1.82) is 0 Å². The highest BCUT2D eigenvalue weighted by molar-refractivity contribution is 5.78. The van der Waals surface area contributed by atoms with Gasteiger partial charge in [-0.05, 0) is 62.4 Å². The molecule has 0 amide bonds. The van der Waals surface area contributed by atoms with Crippen LogP contribution in [0.2, 0.25) is 0 Å². The van der Waals surface area contributed by atoms with E-state index >= 15 is 0 Å². The summed E-state index contributed by atoms with van der Waals surface area (Å²) in [5, 5.41) is 0. The summed E-state index contributed by atoms with van der Waals surface area (Å²) in [6, 6.07) is 0. The number of carbonyl (C=O) groups is 1. The molecule has 0 radical (unpaired) electrons. The molecule has 1 nitrogen and oxygen atoms in total. The van der Waals surface area contributed by atoms with Gasteiger partial charge in [0.1, 0.15) is 5.78 Å². The van der Waals surface area contributed by atoms with Gasteiger partial charge in [-0.25, -0.2) is 0 Å². The molecule has 118 valence electrons. The first-order valence-electron chi connectivity index (χ1n) is 8.94. The van der Waals surface area contributed by atoms with Gasteiger partial charge in [-0.3, -0.25) is 4.79 Å². The molecule has 1 heteroatoms. The zero-order chi connectivity index (χ0) is 15.3. The predicted molar refractivity (Wildman–Crippen MR) is 90.2 cm³/mol. The van der Waals surface area contributed by atoms with Crippen LogP contribution in [-0.4, -0.2) is 5.78 Å². The second-order valence-electron chi connectivity index (χ2n) is 7.51. The SMILES string of the molecule is CCCCCC1(C)C=CC(C2CCC(C(C)=O)CC2)=CC1. The summed E-state index contributed by atoms with van der Waals surface area (Å²) in [7, 11) is 0. The Hall–Kier alpha value is -0.850. The molecule has 0 heterocycles. The topological polar surface area (TPSA) is 17.1 Å². The third kappa shape index (κ3) is 4.56. The number of carbonyl (C=O) groups excluding carboxylic acids is 1. The normalized spacial score (nSPS) is 32.8. The number of ketones is 1. The largest absolute Gasteiger partial charge is 0.300 e. The van der Waals surface area contributed by atoms with Crippen LogP contribution < -0.4 is 0 Å². The molecule has 0 bridgehead atoms. The van der Waals surface area contributed by atoms with E-state index < -0.39 is 0 Å². The molecule has 0 aliphatic heterocycles. The molecule has 1 unspecified atom stereocenters. The first-order chi connectivity index (χ1) is 10.0. The van der Waals surface area contributed by atoms with Crippen LogP contribution in [0.1, 0.15) is 78.6 Å². The molecule has 2 rings (SSSR count). The summed E-state index contributed by atoms with van der Waals surface area (Å²) in [6.45, 7) is 6.43. The van der Waals surface area contributed by atoms with Crippen LogP contribution >= 0.6 is 0 Å². The average Bonchev–Trinajstić information content (AvgIpc) is 2.48. The van der Waals surface area contributed by atoms with E-state index in [1.165, 1.54) is 44.9 Å². The minimum Gasteiger partial charge on any atom is -0.300 e. The van der Waals surface area contributed by atoms with E-state index in [9.17, 15) is 4.79 Å². The fourth-order valence-electron chi connectivity index (χ4n) is 3.88. The van der Waals surface area contributed by atoms with Crippen molar-refractivity contribution in [3.8, 4) is 0 Å². The summed E-state index contributed by atoms with van der Waals surface area (Å²) in [6.07, 6.45) is 18.5. The minimum atomic E-state index is 0.341. The molecule has 1 saturated carbocycles. The number of hydrogen-bond donors (Lipinski definition) is 0. The van der Waals surface area contributed by atoms with Gasteiger partial charge in [-0.2, -0.15) is 0 Å². The molecule has 0 spiro atoms. The van der Waals surface area contributed by atoms with Crippen molar-refractivity contribution in [2.45, 2.75) is 78.6 Å². The summed E-state index contributed by atoms with van der Waals surface area (Å²) in [5.74, 6) is 1.44. The van der Waals surface area contributed by atoms with E-state index in [0.29, 0.717) is 23.0 Å². The Balaban J connectivity index is 1.84. The molecule has 2 aliphatic rings. The van der Waals surface area contributed by atoms with Crippen LogP contribution in [0.25, 0.3) is 0 Å². The quantitative estimate of drug-likeness (QED) is 0.560. The van der Waals surface area contributed by atoms with Gasteiger partial charge in [0.05, 0.1) is 0 Å². The zero-order valence-corrected chi connectivity index (χ0v) is 14.2. The van der Waals surface area contributed by atoms with Crippen LogP contribution in [-0.2, 0) is 4.79 Å². The van der Waals surface area contributed by atoms with E-state index in [1.54, 1.807) is 12.5 Å². The van der Waals surface area contributed by atoms with E-state index in [2.05, 4.69) is 32.1 Å². The lowest BCUT2D eigenvalue weighted by atomic mass is 9.72. The highest BCUT2D eigenvalue weighted by atomic mass is 16.1. The number of rotatable bonds is 6. The minimum absolute atomic E-state index is 0.341. The van der Waals surface area contributed by atoms with Crippen LogP contribution in [0.3, 0.4) is 0 Å². The van der Waals surface area contributed by atoms with E-state index in [1.807, 2.05) is 0 Å². The maximum Gasteiger partial charge on any atom is 0.132 e. The van der Waals surface area contributed by atoms with Crippen molar-refractivity contribution in [1.82, 2.24) is 0 Å². The van der Waals surface area contributed by atoms with Crippen LogP contribution in [0.4, 0.5) is 0 Å². The van der Waals surface area contributed by atoms with Crippen LogP contribution in [0.15, 0.2) is 23.8 Å². The van der Waals surface area contributed by atoms with Crippen molar-refractivity contribution >= 4 is 5.78 Å². The third-order valence-electron chi connectivity index (χ3n) is 5.61. The van der Waals surface area contributed by atoms with Crippen molar-refractivity contribution < 1.29 is 4.79 Å². The zero-order valence-electron chi connectivity index (χ0n) is 14.2. The highest BCUT2D eigenvalue weighted by Gasteiger charge is 2.28. The second-order valence-corrected chi connectivity index (χ2v) is 7.51. The molecule has 2 aliphatic carbocycles. The van der Waals surface area contributed by atoms with E-state index in [-0.39, 0.29) is 0 Å². The van der Waals surface area contributed by atoms with Crippen molar-refractivity contribution in [3.63, 3.8) is 0 Å². The molecule has 0 aromatic rings. The molecular weight excluding hydrogens is 256 g/mol. The van der Waals surface area contributed by atoms with Gasteiger partial charge in [0.2, 0.25) is 0 Å². The van der Waals surface area contributed by atoms with Crippen molar-refractivity contribution in [2.24, 2.45) is 17.3 Å². The van der Waals surface area contributed by atoms with Gasteiger partial charge in [0, 0.05) is 5.92 Å². The van der Waals surface area contributed by atoms with Gasteiger partial charge in [0.15, 0.2) is 0 Å². The number of hydrogen-bond acceptors (Lipinski definition) is 1. The summed E-state index contributed by atoms with van der Waals surface area (Å²) in [5.41, 5.74) is 1.93. The maximum atomic E-state index is 11.5. The second kappa shape index (κ2) is 7.42. The molecule has 0 aromatic carbocycles. The Morgan fingerprint density at radius 1 is 1.24 bits per heavy atom. The van der Waals surface area contributed by atoms with Gasteiger partial charge in [0.25, 0.3) is 0 Å². The summed E-state index contributed by atoms with van der Waals surface area (Å²) >= 11 is 0. The van der Waals surface area contributed by atoms with Gasteiger partial charge in [-0.15, -0.1) is 0 Å². The standard InChI is InChI=1S/C20H32O/c1-4-5-6-13-20(3)14-11-19(12-15-20)18-9-7-17(8-10-18)16(2)21/h11-12,14,17-18H,4-10,13,15H2,1-3H3. The van der Waals surface area contributed by atoms with Gasteiger partial charge < -0.3 is 0 Å². The Bertz CT molecular complexity index is 410. The lowest BCUT2D eigenvalue weighted by Gasteiger charge is -2.33. The third-order valence-corrected chi connectivity index (χ3v) is 5.61. The molecule has 1 atom stereocenters. The Kier molecular flexibility index (Phi) is 5.84. The maximum absolute atomic E-state index is 11.5.